The highest BCUT2D eigenvalue weighted by Gasteiger charge is 2.49. The first-order valence-electron chi connectivity index (χ1n) is 6.51. The van der Waals surface area contributed by atoms with E-state index >= 15 is 0 Å². The summed E-state index contributed by atoms with van der Waals surface area (Å²) < 4.78 is 5.05. The molecule has 0 aromatic heterocycles. The van der Waals surface area contributed by atoms with Crippen molar-refractivity contribution in [2.24, 2.45) is 11.7 Å². The second-order valence-corrected chi connectivity index (χ2v) is 5.11. The normalized spacial score (nSPS) is 18.8. The van der Waals surface area contributed by atoms with Gasteiger partial charge in [-0.15, -0.1) is 0 Å². The lowest BCUT2D eigenvalue weighted by molar-refractivity contribution is -0.151. The molecule has 0 heterocycles. The predicted octanol–water partition coefficient (Wildman–Crippen LogP) is 2.16. The van der Waals surface area contributed by atoms with Crippen LogP contribution in [-0.4, -0.2) is 19.6 Å². The molecule has 1 fully saturated rings. The molecule has 1 atom stereocenters. The lowest BCUT2D eigenvalue weighted by Crippen LogP contribution is -2.52. The third-order valence-corrected chi connectivity index (χ3v) is 4.30. The summed E-state index contributed by atoms with van der Waals surface area (Å²) in [5, 5.41) is 0. The van der Waals surface area contributed by atoms with Crippen LogP contribution in [0.15, 0.2) is 24.3 Å². The molecule has 1 aromatic carbocycles. The van der Waals surface area contributed by atoms with E-state index in [9.17, 15) is 4.79 Å². The molecule has 1 aliphatic rings. The van der Waals surface area contributed by atoms with Gasteiger partial charge in [0.15, 0.2) is 0 Å². The molecular weight excluding hydrogens is 226 g/mol. The summed E-state index contributed by atoms with van der Waals surface area (Å²) in [5.41, 5.74) is 7.48. The van der Waals surface area contributed by atoms with Gasteiger partial charge in [-0.2, -0.15) is 0 Å². The molecule has 3 nitrogen and oxygen atoms in total. The lowest BCUT2D eigenvalue weighted by Gasteiger charge is -2.43. The molecule has 2 N–H and O–H groups in total. The maximum atomic E-state index is 12.3. The average molecular weight is 247 g/mol. The van der Waals surface area contributed by atoms with Crippen molar-refractivity contribution in [1.29, 1.82) is 0 Å². The zero-order chi connectivity index (χ0) is 13.2. The number of benzene rings is 1. The van der Waals surface area contributed by atoms with Crippen LogP contribution in [0.25, 0.3) is 0 Å². The van der Waals surface area contributed by atoms with Gasteiger partial charge in [0.2, 0.25) is 0 Å². The fourth-order valence-electron chi connectivity index (χ4n) is 3.01. The van der Waals surface area contributed by atoms with Crippen LogP contribution in [0.4, 0.5) is 0 Å². The Morgan fingerprint density at radius 2 is 2.11 bits per heavy atom. The Bertz CT molecular complexity index is 440. The number of nitrogens with two attached hydrogens (primary N) is 1. The quantitative estimate of drug-likeness (QED) is 0.830. The standard InChI is InChI=1S/C15H21NO2/c1-11-6-3-4-9-13(11)15(10-16,14(17)18-2)12-7-5-8-12/h3-4,6,9,12H,5,7-8,10,16H2,1-2H3. The molecule has 0 bridgehead atoms. The van der Waals surface area contributed by atoms with Gasteiger partial charge >= 0.3 is 5.97 Å². The van der Waals surface area contributed by atoms with Crippen LogP contribution in [-0.2, 0) is 14.9 Å². The van der Waals surface area contributed by atoms with Gasteiger partial charge in [0, 0.05) is 6.54 Å². The molecule has 1 aliphatic carbocycles. The van der Waals surface area contributed by atoms with Crippen molar-refractivity contribution in [3.63, 3.8) is 0 Å². The van der Waals surface area contributed by atoms with Crippen molar-refractivity contribution in [2.45, 2.75) is 31.6 Å². The van der Waals surface area contributed by atoms with Crippen molar-refractivity contribution in [2.75, 3.05) is 13.7 Å². The van der Waals surface area contributed by atoms with Crippen LogP contribution in [0.2, 0.25) is 0 Å². The minimum Gasteiger partial charge on any atom is -0.468 e. The summed E-state index contributed by atoms with van der Waals surface area (Å²) in [6.07, 6.45) is 3.29. The molecule has 1 unspecified atom stereocenters. The molecule has 0 saturated heterocycles. The predicted molar refractivity (Wildman–Crippen MR) is 71.3 cm³/mol. The maximum absolute atomic E-state index is 12.3. The average Bonchev–Trinajstić information content (AvgIpc) is 2.33. The van der Waals surface area contributed by atoms with Crippen LogP contribution < -0.4 is 5.73 Å². The second-order valence-electron chi connectivity index (χ2n) is 5.11. The summed E-state index contributed by atoms with van der Waals surface area (Å²) in [5.74, 6) is 0.125. The molecular formula is C15H21NO2. The Kier molecular flexibility index (Phi) is 3.71. The van der Waals surface area contributed by atoms with Gasteiger partial charge in [-0.3, -0.25) is 4.79 Å². The van der Waals surface area contributed by atoms with Gasteiger partial charge in [0.1, 0.15) is 5.41 Å². The molecule has 1 aromatic rings. The van der Waals surface area contributed by atoms with Crippen LogP contribution in [0, 0.1) is 12.8 Å². The molecule has 18 heavy (non-hydrogen) atoms. The number of methoxy groups -OCH3 is 1. The summed E-state index contributed by atoms with van der Waals surface area (Å²) >= 11 is 0. The monoisotopic (exact) mass is 247 g/mol. The first kappa shape index (κ1) is 13.1. The first-order chi connectivity index (χ1) is 8.66. The van der Waals surface area contributed by atoms with Crippen molar-refractivity contribution >= 4 is 5.97 Å². The van der Waals surface area contributed by atoms with Gasteiger partial charge in [0.05, 0.1) is 7.11 Å². The molecule has 0 aliphatic heterocycles. The van der Waals surface area contributed by atoms with Crippen molar-refractivity contribution in [3.8, 4) is 0 Å². The van der Waals surface area contributed by atoms with Gasteiger partial charge in [-0.25, -0.2) is 0 Å². The molecule has 0 amide bonds. The maximum Gasteiger partial charge on any atom is 0.317 e. The Hall–Kier alpha value is -1.35. The molecule has 3 heteroatoms. The largest absolute Gasteiger partial charge is 0.468 e. The van der Waals surface area contributed by atoms with E-state index in [4.69, 9.17) is 10.5 Å². The number of hydrogen-bond acceptors (Lipinski definition) is 3. The number of carbonyl (C=O) groups is 1. The highest BCUT2D eigenvalue weighted by molar-refractivity contribution is 5.84. The van der Waals surface area contributed by atoms with Crippen LogP contribution in [0.5, 0.6) is 0 Å². The smallest absolute Gasteiger partial charge is 0.317 e. The van der Waals surface area contributed by atoms with Crippen LogP contribution >= 0.6 is 0 Å². The minimum atomic E-state index is -0.654. The van der Waals surface area contributed by atoms with Crippen LogP contribution in [0.3, 0.4) is 0 Å². The summed E-state index contributed by atoms with van der Waals surface area (Å²) in [6, 6.07) is 7.99. The van der Waals surface area contributed by atoms with Gasteiger partial charge in [-0.05, 0) is 36.8 Å². The molecule has 2 rings (SSSR count). The van der Waals surface area contributed by atoms with E-state index in [1.165, 1.54) is 13.5 Å². The van der Waals surface area contributed by atoms with E-state index in [0.29, 0.717) is 12.5 Å². The number of ether oxygens (including phenoxy) is 1. The van der Waals surface area contributed by atoms with Crippen LogP contribution in [0.1, 0.15) is 30.4 Å². The van der Waals surface area contributed by atoms with E-state index in [2.05, 4.69) is 0 Å². The minimum absolute atomic E-state index is 0.191. The number of aryl methyl sites for hydroxylation is 1. The molecule has 98 valence electrons. The molecule has 0 spiro atoms. The van der Waals surface area contributed by atoms with Gasteiger partial charge < -0.3 is 10.5 Å². The second kappa shape index (κ2) is 5.11. The fraction of sp³-hybridized carbons (Fsp3) is 0.533. The number of esters is 1. The number of rotatable bonds is 4. The van der Waals surface area contributed by atoms with Crippen molar-refractivity contribution < 1.29 is 9.53 Å². The van der Waals surface area contributed by atoms with E-state index in [1.807, 2.05) is 31.2 Å². The molecule has 0 radical (unpaired) electrons. The van der Waals surface area contributed by atoms with E-state index in [0.717, 1.165) is 24.0 Å². The van der Waals surface area contributed by atoms with E-state index in [-0.39, 0.29) is 5.97 Å². The third kappa shape index (κ3) is 1.83. The van der Waals surface area contributed by atoms with Crippen molar-refractivity contribution in [1.82, 2.24) is 0 Å². The van der Waals surface area contributed by atoms with Crippen molar-refractivity contribution in [3.05, 3.63) is 35.4 Å². The Balaban J connectivity index is 2.53. The van der Waals surface area contributed by atoms with Gasteiger partial charge in [-0.1, -0.05) is 30.7 Å². The summed E-state index contributed by atoms with van der Waals surface area (Å²) in [7, 11) is 1.45. The number of carbonyl (C=O) groups excluding carboxylic acids is 1. The highest BCUT2D eigenvalue weighted by Crippen LogP contribution is 2.45. The zero-order valence-corrected chi connectivity index (χ0v) is 11.1. The Labute approximate surface area is 108 Å². The van der Waals surface area contributed by atoms with Gasteiger partial charge in [0.25, 0.3) is 0 Å². The van der Waals surface area contributed by atoms with E-state index in [1.54, 1.807) is 0 Å². The Morgan fingerprint density at radius 1 is 1.44 bits per heavy atom. The Morgan fingerprint density at radius 3 is 2.56 bits per heavy atom. The zero-order valence-electron chi connectivity index (χ0n) is 11.1. The first-order valence-corrected chi connectivity index (χ1v) is 6.51. The highest BCUT2D eigenvalue weighted by atomic mass is 16.5. The van der Waals surface area contributed by atoms with E-state index < -0.39 is 5.41 Å². The molecule has 1 saturated carbocycles. The third-order valence-electron chi connectivity index (χ3n) is 4.30. The summed E-state index contributed by atoms with van der Waals surface area (Å²) in [4.78, 5) is 12.3. The lowest BCUT2D eigenvalue weighted by atomic mass is 9.61. The summed E-state index contributed by atoms with van der Waals surface area (Å²) in [6.45, 7) is 2.34. The fourth-order valence-corrected chi connectivity index (χ4v) is 3.01. The number of hydrogen-bond donors (Lipinski definition) is 1. The SMILES string of the molecule is COC(=O)C(CN)(c1ccccc1C)C1CCC1. The topological polar surface area (TPSA) is 52.3 Å².